The Balaban J connectivity index is 0.000000155. The molecule has 0 unspecified atom stereocenters. The van der Waals surface area contributed by atoms with Gasteiger partial charge in [-0.2, -0.15) is 0 Å². The van der Waals surface area contributed by atoms with Gasteiger partial charge in [-0.1, -0.05) is 66.7 Å². The zero-order chi connectivity index (χ0) is 29.5. The van der Waals surface area contributed by atoms with Crippen molar-refractivity contribution in [1.82, 2.24) is 15.0 Å². The van der Waals surface area contributed by atoms with Gasteiger partial charge in [-0.05, 0) is 41.7 Å². The van der Waals surface area contributed by atoms with E-state index in [4.69, 9.17) is 0 Å². The normalized spacial score (nSPS) is 9.75. The van der Waals surface area contributed by atoms with E-state index in [1.54, 1.807) is 12.4 Å². The number of pyridine rings is 3. The average molecular weight is 745 g/mol. The quantitative estimate of drug-likeness (QED) is 0.169. The molecule has 0 N–H and O–H groups in total. The van der Waals surface area contributed by atoms with Crippen LogP contribution in [0.4, 0.5) is 0 Å². The van der Waals surface area contributed by atoms with Gasteiger partial charge in [0.1, 0.15) is 0 Å². The van der Waals surface area contributed by atoms with E-state index >= 15 is 0 Å². The third kappa shape index (κ3) is 9.24. The largest absolute Gasteiger partial charge is 3.00 e. The number of aromatic nitrogens is 3. The van der Waals surface area contributed by atoms with Crippen LogP contribution in [0.3, 0.4) is 0 Å². The monoisotopic (exact) mass is 745 g/mol. The molecule has 0 aliphatic carbocycles. The van der Waals surface area contributed by atoms with E-state index in [0.29, 0.717) is 0 Å². The Labute approximate surface area is 273 Å². The molecule has 3 nitrogen and oxygen atoms in total. The molecular formula is C40H30IrN3. The first-order chi connectivity index (χ1) is 21.3. The summed E-state index contributed by atoms with van der Waals surface area (Å²) < 4.78 is 0. The topological polar surface area (TPSA) is 38.7 Å². The SMILES string of the molecule is Cc1nc(-c2[c-]cccc2)ccc1-c1ccccc1.[Ir+3].[c-]1ccccc1-c1ccccn1.[c-]1ccccc1-c1ccccn1. The fraction of sp³-hybridized carbons (Fsp3) is 0.0250. The molecule has 4 aromatic carbocycles. The Hall–Kier alpha value is -5.02. The molecule has 214 valence electrons. The van der Waals surface area contributed by atoms with Crippen LogP contribution in [-0.2, 0) is 20.1 Å². The zero-order valence-corrected chi connectivity index (χ0v) is 26.7. The van der Waals surface area contributed by atoms with Crippen LogP contribution in [-0.4, -0.2) is 15.0 Å². The molecule has 3 heterocycles. The summed E-state index contributed by atoms with van der Waals surface area (Å²) >= 11 is 0. The summed E-state index contributed by atoms with van der Waals surface area (Å²) in [6.45, 7) is 2.05. The van der Waals surface area contributed by atoms with Gasteiger partial charge in [-0.25, -0.2) is 0 Å². The van der Waals surface area contributed by atoms with Crippen LogP contribution < -0.4 is 0 Å². The molecule has 0 spiro atoms. The molecule has 3 aromatic heterocycles. The van der Waals surface area contributed by atoms with Gasteiger partial charge in [0, 0.05) is 23.7 Å². The fourth-order valence-corrected chi connectivity index (χ4v) is 4.34. The maximum Gasteiger partial charge on any atom is 3.00 e. The summed E-state index contributed by atoms with van der Waals surface area (Å²) in [5, 5.41) is 0. The van der Waals surface area contributed by atoms with Crippen LogP contribution in [0.25, 0.3) is 44.9 Å². The Morgan fingerprint density at radius 1 is 0.432 bits per heavy atom. The second-order valence-electron chi connectivity index (χ2n) is 9.45. The van der Waals surface area contributed by atoms with Crippen LogP contribution in [0.1, 0.15) is 5.69 Å². The fourth-order valence-electron chi connectivity index (χ4n) is 4.34. The number of benzene rings is 4. The Kier molecular flexibility index (Phi) is 12.5. The van der Waals surface area contributed by atoms with E-state index in [-0.39, 0.29) is 20.1 Å². The number of hydrogen-bond donors (Lipinski definition) is 0. The van der Waals surface area contributed by atoms with Crippen molar-refractivity contribution >= 4 is 0 Å². The van der Waals surface area contributed by atoms with Crippen molar-refractivity contribution in [3.8, 4) is 44.9 Å². The second kappa shape index (κ2) is 17.2. The molecular weight excluding hydrogens is 715 g/mol. The van der Waals surface area contributed by atoms with Gasteiger partial charge in [-0.15, -0.1) is 108 Å². The van der Waals surface area contributed by atoms with E-state index in [1.165, 1.54) is 11.1 Å². The minimum atomic E-state index is 0. The van der Waals surface area contributed by atoms with Gasteiger partial charge in [-0.3, -0.25) is 0 Å². The second-order valence-corrected chi connectivity index (χ2v) is 9.45. The first-order valence-electron chi connectivity index (χ1n) is 14.0. The minimum absolute atomic E-state index is 0. The van der Waals surface area contributed by atoms with Gasteiger partial charge in [0.15, 0.2) is 0 Å². The molecule has 7 rings (SSSR count). The first-order valence-corrected chi connectivity index (χ1v) is 14.0. The predicted molar refractivity (Wildman–Crippen MR) is 176 cm³/mol. The Morgan fingerprint density at radius 3 is 1.30 bits per heavy atom. The van der Waals surface area contributed by atoms with E-state index < -0.39 is 0 Å². The van der Waals surface area contributed by atoms with Gasteiger partial charge >= 0.3 is 20.1 Å². The first kappa shape index (κ1) is 31.9. The summed E-state index contributed by atoms with van der Waals surface area (Å²) in [6.07, 6.45) is 3.58. The summed E-state index contributed by atoms with van der Waals surface area (Å²) in [6, 6.07) is 59.3. The van der Waals surface area contributed by atoms with Crippen LogP contribution in [0, 0.1) is 25.1 Å². The zero-order valence-electron chi connectivity index (χ0n) is 24.3. The molecule has 0 amide bonds. The molecule has 0 atom stereocenters. The molecule has 0 bridgehead atoms. The third-order valence-electron chi connectivity index (χ3n) is 6.46. The van der Waals surface area contributed by atoms with Gasteiger partial charge < -0.3 is 15.0 Å². The summed E-state index contributed by atoms with van der Waals surface area (Å²) in [4.78, 5) is 13.1. The summed E-state index contributed by atoms with van der Waals surface area (Å²) in [5.74, 6) is 0. The maximum absolute atomic E-state index is 4.69. The number of aryl methyl sites for hydroxylation is 1. The van der Waals surface area contributed by atoms with Crippen LogP contribution in [0.2, 0.25) is 0 Å². The van der Waals surface area contributed by atoms with Gasteiger partial charge in [0.05, 0.1) is 0 Å². The molecule has 0 saturated heterocycles. The van der Waals surface area contributed by atoms with Crippen LogP contribution in [0.5, 0.6) is 0 Å². The summed E-state index contributed by atoms with van der Waals surface area (Å²) in [5.41, 5.74) is 9.45. The molecule has 0 fully saturated rings. The van der Waals surface area contributed by atoms with Crippen molar-refractivity contribution in [2.24, 2.45) is 0 Å². The average Bonchev–Trinajstić information content (AvgIpc) is 3.11. The van der Waals surface area contributed by atoms with Crippen molar-refractivity contribution in [2.75, 3.05) is 0 Å². The van der Waals surface area contributed by atoms with Crippen molar-refractivity contribution in [3.63, 3.8) is 0 Å². The van der Waals surface area contributed by atoms with Crippen molar-refractivity contribution < 1.29 is 20.1 Å². The van der Waals surface area contributed by atoms with Gasteiger partial charge in [0.2, 0.25) is 0 Å². The molecule has 7 aromatic rings. The minimum Gasteiger partial charge on any atom is -0.305 e. The molecule has 0 aliphatic rings. The number of rotatable bonds is 4. The van der Waals surface area contributed by atoms with Crippen LogP contribution in [0.15, 0.2) is 164 Å². The Morgan fingerprint density at radius 2 is 0.886 bits per heavy atom. The molecule has 0 saturated carbocycles. The number of nitrogens with zero attached hydrogens (tertiary/aromatic N) is 3. The molecule has 0 radical (unpaired) electrons. The van der Waals surface area contributed by atoms with Crippen molar-refractivity contribution in [3.05, 3.63) is 188 Å². The third-order valence-corrected chi connectivity index (χ3v) is 6.46. The smallest absolute Gasteiger partial charge is 0.305 e. The standard InChI is InChI=1S/C18H14N.2C11H8N.Ir/c1-14-17(15-8-4-2-5-9-15)12-13-18(19-14)16-10-6-3-7-11-16;2*1-2-6-10(7-3-1)11-8-4-5-9-12-11;/h2-10,12-13H,1H3;2*1-6,8-9H;/q3*-1;+3. The molecule has 44 heavy (non-hydrogen) atoms. The van der Waals surface area contributed by atoms with Crippen molar-refractivity contribution in [2.45, 2.75) is 6.92 Å². The van der Waals surface area contributed by atoms with Crippen molar-refractivity contribution in [1.29, 1.82) is 0 Å². The van der Waals surface area contributed by atoms with Crippen LogP contribution >= 0.6 is 0 Å². The molecule has 0 aliphatic heterocycles. The Bertz CT molecular complexity index is 1630. The maximum atomic E-state index is 4.69. The van der Waals surface area contributed by atoms with E-state index in [0.717, 1.165) is 39.5 Å². The molecule has 4 heteroatoms. The number of hydrogen-bond acceptors (Lipinski definition) is 3. The van der Waals surface area contributed by atoms with Gasteiger partial charge in [0.25, 0.3) is 0 Å². The van der Waals surface area contributed by atoms with E-state index in [1.807, 2.05) is 127 Å². The van der Waals surface area contributed by atoms with E-state index in [2.05, 4.69) is 64.3 Å². The summed E-state index contributed by atoms with van der Waals surface area (Å²) in [7, 11) is 0. The van der Waals surface area contributed by atoms with E-state index in [9.17, 15) is 0 Å². The predicted octanol–water partition coefficient (Wildman–Crippen LogP) is 9.62.